The molecule has 1 aliphatic carbocycles. The third-order valence-electron chi connectivity index (χ3n) is 5.05. The van der Waals surface area contributed by atoms with E-state index >= 15 is 0 Å². The van der Waals surface area contributed by atoms with Crippen molar-refractivity contribution in [1.82, 2.24) is 24.8 Å². The van der Waals surface area contributed by atoms with Crippen molar-refractivity contribution < 1.29 is 4.79 Å². The molecule has 2 heterocycles. The number of hydrogen-bond acceptors (Lipinski definition) is 4. The van der Waals surface area contributed by atoms with Gasteiger partial charge in [0.15, 0.2) is 0 Å². The van der Waals surface area contributed by atoms with Gasteiger partial charge in [0.1, 0.15) is 5.82 Å². The Morgan fingerprint density at radius 3 is 2.96 bits per heavy atom. The lowest BCUT2D eigenvalue weighted by Crippen LogP contribution is -2.31. The third-order valence-corrected chi connectivity index (χ3v) is 5.05. The Hall–Kier alpha value is -2.96. The average Bonchev–Trinajstić information content (AvgIpc) is 3.02. The normalized spacial score (nSPS) is 13.4. The molecule has 0 radical (unpaired) electrons. The average molecular weight is 364 g/mol. The Kier molecular flexibility index (Phi) is 4.75. The van der Waals surface area contributed by atoms with Gasteiger partial charge in [-0.2, -0.15) is 0 Å². The summed E-state index contributed by atoms with van der Waals surface area (Å²) in [5.41, 5.74) is 6.20. The number of aryl methyl sites for hydroxylation is 3. The highest BCUT2D eigenvalue weighted by Crippen LogP contribution is 2.21. The van der Waals surface area contributed by atoms with Crippen LogP contribution >= 0.6 is 0 Å². The van der Waals surface area contributed by atoms with Crippen LogP contribution in [0.3, 0.4) is 0 Å². The van der Waals surface area contributed by atoms with Gasteiger partial charge in [-0.15, -0.1) is 0 Å². The third kappa shape index (κ3) is 3.77. The maximum atomic E-state index is 12.2. The summed E-state index contributed by atoms with van der Waals surface area (Å²) in [7, 11) is 1.94. The van der Waals surface area contributed by atoms with Crippen molar-refractivity contribution in [3.8, 4) is 0 Å². The summed E-state index contributed by atoms with van der Waals surface area (Å²) in [6.07, 6.45) is 6.93. The summed E-state index contributed by atoms with van der Waals surface area (Å²) >= 11 is 0. The van der Waals surface area contributed by atoms with Gasteiger partial charge >= 0.3 is 6.03 Å². The van der Waals surface area contributed by atoms with Crippen LogP contribution in [0.25, 0.3) is 11.0 Å². The van der Waals surface area contributed by atoms with Crippen molar-refractivity contribution in [2.45, 2.75) is 39.0 Å². The number of carbonyl (C=O) groups is 1. The van der Waals surface area contributed by atoms with Crippen LogP contribution in [0, 0.1) is 6.92 Å². The van der Waals surface area contributed by atoms with Crippen LogP contribution in [-0.4, -0.2) is 32.1 Å². The highest BCUT2D eigenvalue weighted by Gasteiger charge is 2.15. The molecule has 0 saturated carbocycles. The number of nitrogens with zero attached hydrogens (tertiary/aromatic N) is 4. The molecule has 0 saturated heterocycles. The predicted octanol–water partition coefficient (Wildman–Crippen LogP) is 2.91. The molecule has 0 bridgehead atoms. The molecule has 4 rings (SSSR count). The fraction of sp³-hybridized carbons (Fsp3) is 0.400. The zero-order chi connectivity index (χ0) is 18.8. The minimum atomic E-state index is -0.236. The monoisotopic (exact) mass is 364 g/mol. The van der Waals surface area contributed by atoms with Gasteiger partial charge in [0.2, 0.25) is 0 Å². The Balaban J connectivity index is 1.33. The molecule has 2 amide bonds. The Labute approximate surface area is 158 Å². The van der Waals surface area contributed by atoms with E-state index in [1.165, 1.54) is 24.1 Å². The molecule has 0 aliphatic heterocycles. The van der Waals surface area contributed by atoms with E-state index in [1.807, 2.05) is 29.8 Å². The minimum absolute atomic E-state index is 0.236. The largest absolute Gasteiger partial charge is 0.337 e. The number of fused-ring (bicyclic) bond motifs is 2. The number of imidazole rings is 1. The summed E-state index contributed by atoms with van der Waals surface area (Å²) in [6, 6.07) is 5.45. The van der Waals surface area contributed by atoms with E-state index in [0.717, 1.165) is 41.1 Å². The second kappa shape index (κ2) is 7.34. The van der Waals surface area contributed by atoms with Crippen molar-refractivity contribution in [2.75, 3.05) is 11.9 Å². The van der Waals surface area contributed by atoms with Gasteiger partial charge in [0, 0.05) is 37.1 Å². The fourth-order valence-electron chi connectivity index (χ4n) is 3.63. The number of urea groups is 1. The highest BCUT2D eigenvalue weighted by molar-refractivity contribution is 5.91. The lowest BCUT2D eigenvalue weighted by atomic mass is 9.95. The number of nitrogens with one attached hydrogen (secondary N) is 2. The van der Waals surface area contributed by atoms with Crippen molar-refractivity contribution in [3.05, 3.63) is 47.3 Å². The number of benzene rings is 1. The van der Waals surface area contributed by atoms with Crippen molar-refractivity contribution in [1.29, 1.82) is 0 Å². The molecular formula is C20H24N6O. The standard InChI is InChI=1S/C20H24N6O/c1-13-15-5-3-4-6-16(15)25-19(23-13)9-10-21-20(27)24-14-7-8-18-17(11-14)22-12-26(18)2/h7-8,11-12H,3-6,9-10H2,1-2H3,(H2,21,24,27). The van der Waals surface area contributed by atoms with Gasteiger partial charge in [-0.05, 0) is 56.4 Å². The zero-order valence-electron chi connectivity index (χ0n) is 15.7. The second-order valence-corrected chi connectivity index (χ2v) is 7.05. The molecule has 7 heteroatoms. The lowest BCUT2D eigenvalue weighted by molar-refractivity contribution is 0.252. The van der Waals surface area contributed by atoms with Gasteiger partial charge in [-0.1, -0.05) is 0 Å². The number of amides is 2. The molecule has 3 aromatic rings. The van der Waals surface area contributed by atoms with Crippen LogP contribution in [0.5, 0.6) is 0 Å². The van der Waals surface area contributed by atoms with Gasteiger partial charge in [0.05, 0.1) is 17.4 Å². The van der Waals surface area contributed by atoms with E-state index < -0.39 is 0 Å². The summed E-state index contributed by atoms with van der Waals surface area (Å²) in [5.74, 6) is 0.809. The Morgan fingerprint density at radius 1 is 1.22 bits per heavy atom. The quantitative estimate of drug-likeness (QED) is 0.745. The van der Waals surface area contributed by atoms with Crippen LogP contribution in [0.15, 0.2) is 24.5 Å². The molecule has 27 heavy (non-hydrogen) atoms. The molecule has 0 atom stereocenters. The number of anilines is 1. The minimum Gasteiger partial charge on any atom is -0.337 e. The maximum absolute atomic E-state index is 12.2. The molecule has 2 aromatic heterocycles. The summed E-state index contributed by atoms with van der Waals surface area (Å²) < 4.78 is 1.94. The van der Waals surface area contributed by atoms with Crippen LogP contribution in [0.4, 0.5) is 10.5 Å². The van der Waals surface area contributed by atoms with Crippen molar-refractivity contribution >= 4 is 22.8 Å². The molecule has 1 aromatic carbocycles. The SMILES string of the molecule is Cc1nc(CCNC(=O)Nc2ccc3c(c2)ncn3C)nc2c1CCCC2. The summed E-state index contributed by atoms with van der Waals surface area (Å²) in [4.78, 5) is 25.8. The molecular weight excluding hydrogens is 340 g/mol. The van der Waals surface area contributed by atoms with E-state index in [4.69, 9.17) is 4.98 Å². The van der Waals surface area contributed by atoms with Gasteiger partial charge in [-0.25, -0.2) is 19.7 Å². The smallest absolute Gasteiger partial charge is 0.319 e. The number of aromatic nitrogens is 4. The Morgan fingerprint density at radius 2 is 2.07 bits per heavy atom. The highest BCUT2D eigenvalue weighted by atomic mass is 16.2. The van der Waals surface area contributed by atoms with E-state index in [1.54, 1.807) is 6.33 Å². The van der Waals surface area contributed by atoms with Crippen LogP contribution in [0.2, 0.25) is 0 Å². The molecule has 0 spiro atoms. The summed E-state index contributed by atoms with van der Waals surface area (Å²) in [6.45, 7) is 2.55. The van der Waals surface area contributed by atoms with Crippen LogP contribution in [-0.2, 0) is 26.3 Å². The predicted molar refractivity (Wildman–Crippen MR) is 105 cm³/mol. The van der Waals surface area contributed by atoms with Crippen molar-refractivity contribution in [3.63, 3.8) is 0 Å². The first kappa shape index (κ1) is 17.5. The maximum Gasteiger partial charge on any atom is 0.319 e. The topological polar surface area (TPSA) is 84.7 Å². The van der Waals surface area contributed by atoms with E-state index in [2.05, 4.69) is 27.5 Å². The molecule has 140 valence electrons. The second-order valence-electron chi connectivity index (χ2n) is 7.05. The summed E-state index contributed by atoms with van der Waals surface area (Å²) in [5, 5.41) is 5.73. The fourth-order valence-corrected chi connectivity index (χ4v) is 3.63. The number of rotatable bonds is 4. The van der Waals surface area contributed by atoms with E-state index in [-0.39, 0.29) is 6.03 Å². The molecule has 7 nitrogen and oxygen atoms in total. The first-order chi connectivity index (χ1) is 13.1. The van der Waals surface area contributed by atoms with E-state index in [0.29, 0.717) is 13.0 Å². The zero-order valence-corrected chi connectivity index (χ0v) is 15.7. The molecule has 1 aliphatic rings. The van der Waals surface area contributed by atoms with Gasteiger partial charge in [-0.3, -0.25) is 0 Å². The lowest BCUT2D eigenvalue weighted by Gasteiger charge is -2.17. The molecule has 0 unspecified atom stereocenters. The van der Waals surface area contributed by atoms with Crippen LogP contribution in [0.1, 0.15) is 35.6 Å². The molecule has 2 N–H and O–H groups in total. The first-order valence-corrected chi connectivity index (χ1v) is 9.41. The molecule has 0 fully saturated rings. The number of carbonyl (C=O) groups excluding carboxylic acids is 1. The van der Waals surface area contributed by atoms with Gasteiger partial charge in [0.25, 0.3) is 0 Å². The first-order valence-electron chi connectivity index (χ1n) is 9.41. The number of hydrogen-bond donors (Lipinski definition) is 2. The van der Waals surface area contributed by atoms with E-state index in [9.17, 15) is 4.79 Å². The van der Waals surface area contributed by atoms with Gasteiger partial charge < -0.3 is 15.2 Å². The van der Waals surface area contributed by atoms with Crippen LogP contribution < -0.4 is 10.6 Å². The Bertz CT molecular complexity index is 994. The van der Waals surface area contributed by atoms with Crippen molar-refractivity contribution in [2.24, 2.45) is 7.05 Å².